The topological polar surface area (TPSA) is 128 Å². The van der Waals surface area contributed by atoms with E-state index in [-0.39, 0.29) is 30.6 Å². The SMILES string of the molecule is COCCN(C(=O)/C=C/c1c(C)nn(CC(C)C)c1Cl)c1c(N)n(CC(C)C)c(=O)[nH]c1=O. The second-order valence-electron chi connectivity index (χ2n) is 8.68. The van der Waals surface area contributed by atoms with Gasteiger partial charge in [-0.25, -0.2) is 4.79 Å². The van der Waals surface area contributed by atoms with Crippen LogP contribution in [0.15, 0.2) is 15.7 Å². The highest BCUT2D eigenvalue weighted by atomic mass is 35.5. The molecule has 11 heteroatoms. The van der Waals surface area contributed by atoms with Crippen LogP contribution in [0.2, 0.25) is 5.15 Å². The number of aromatic nitrogens is 4. The number of nitrogens with zero attached hydrogens (tertiary/aromatic N) is 4. The van der Waals surface area contributed by atoms with Crippen molar-refractivity contribution in [2.45, 2.75) is 47.7 Å². The lowest BCUT2D eigenvalue weighted by molar-refractivity contribution is -0.114. The number of rotatable bonds is 10. The number of nitrogens with one attached hydrogen (secondary N) is 1. The van der Waals surface area contributed by atoms with Gasteiger partial charge in [0.2, 0.25) is 0 Å². The molecule has 0 saturated heterocycles. The summed E-state index contributed by atoms with van der Waals surface area (Å²) in [6.45, 7) is 10.9. The Morgan fingerprint density at radius 3 is 2.45 bits per heavy atom. The zero-order valence-corrected chi connectivity index (χ0v) is 20.8. The minimum Gasteiger partial charge on any atom is -0.383 e. The van der Waals surface area contributed by atoms with Crippen molar-refractivity contribution in [2.24, 2.45) is 11.8 Å². The number of halogens is 1. The molecule has 0 aliphatic heterocycles. The van der Waals surface area contributed by atoms with Crippen LogP contribution in [0.25, 0.3) is 6.08 Å². The molecule has 0 saturated carbocycles. The highest BCUT2D eigenvalue weighted by Crippen LogP contribution is 2.23. The van der Waals surface area contributed by atoms with Crippen LogP contribution in [0.1, 0.15) is 39.0 Å². The van der Waals surface area contributed by atoms with E-state index < -0.39 is 17.2 Å². The summed E-state index contributed by atoms with van der Waals surface area (Å²) in [6, 6.07) is 0. The number of hydrogen-bond acceptors (Lipinski definition) is 6. The molecule has 2 aromatic rings. The number of nitrogens with two attached hydrogens (primary N) is 1. The fourth-order valence-electron chi connectivity index (χ4n) is 3.37. The first-order valence-corrected chi connectivity index (χ1v) is 11.2. The van der Waals surface area contributed by atoms with Crippen LogP contribution in [0.3, 0.4) is 0 Å². The van der Waals surface area contributed by atoms with E-state index in [0.717, 1.165) is 0 Å². The van der Waals surface area contributed by atoms with Gasteiger partial charge in [0.25, 0.3) is 11.5 Å². The van der Waals surface area contributed by atoms with Crippen LogP contribution in [-0.4, -0.2) is 45.5 Å². The minimum atomic E-state index is -0.741. The summed E-state index contributed by atoms with van der Waals surface area (Å²) in [5.74, 6) is -0.138. The molecule has 2 rings (SSSR count). The van der Waals surface area contributed by atoms with E-state index in [4.69, 9.17) is 22.1 Å². The number of anilines is 2. The molecule has 10 nitrogen and oxygen atoms in total. The van der Waals surface area contributed by atoms with Gasteiger partial charge in [0, 0.05) is 38.4 Å². The Hall–Kier alpha value is -2.85. The molecule has 0 radical (unpaired) electrons. The summed E-state index contributed by atoms with van der Waals surface area (Å²) in [5.41, 5.74) is 6.03. The fourth-order valence-corrected chi connectivity index (χ4v) is 3.67. The predicted molar refractivity (Wildman–Crippen MR) is 131 cm³/mol. The van der Waals surface area contributed by atoms with Crippen molar-refractivity contribution >= 4 is 35.1 Å². The number of ether oxygens (including phenoxy) is 1. The molecule has 0 aromatic carbocycles. The van der Waals surface area contributed by atoms with Gasteiger partial charge in [-0.1, -0.05) is 39.3 Å². The van der Waals surface area contributed by atoms with E-state index in [1.54, 1.807) is 17.7 Å². The number of methoxy groups -OCH3 is 1. The van der Waals surface area contributed by atoms with Gasteiger partial charge in [0.1, 0.15) is 11.0 Å². The average molecular weight is 481 g/mol. The zero-order chi connectivity index (χ0) is 24.9. The van der Waals surface area contributed by atoms with Crippen molar-refractivity contribution in [3.8, 4) is 0 Å². The largest absolute Gasteiger partial charge is 0.383 e. The van der Waals surface area contributed by atoms with Gasteiger partial charge >= 0.3 is 5.69 Å². The summed E-state index contributed by atoms with van der Waals surface area (Å²) in [5, 5.41) is 4.86. The van der Waals surface area contributed by atoms with Gasteiger partial charge in [0.05, 0.1) is 12.3 Å². The van der Waals surface area contributed by atoms with Gasteiger partial charge in [-0.15, -0.1) is 0 Å². The maximum Gasteiger partial charge on any atom is 0.330 e. The number of H-pyrrole nitrogens is 1. The summed E-state index contributed by atoms with van der Waals surface area (Å²) in [6.07, 6.45) is 2.88. The number of carbonyl (C=O) groups is 1. The lowest BCUT2D eigenvalue weighted by Gasteiger charge is -2.23. The van der Waals surface area contributed by atoms with Gasteiger partial charge in [-0.05, 0) is 24.8 Å². The lowest BCUT2D eigenvalue weighted by Crippen LogP contribution is -2.42. The smallest absolute Gasteiger partial charge is 0.330 e. The number of amides is 1. The molecular formula is C22H33ClN6O4. The Kier molecular flexibility index (Phi) is 9.07. The fraction of sp³-hybridized carbons (Fsp3) is 0.545. The highest BCUT2D eigenvalue weighted by Gasteiger charge is 2.23. The van der Waals surface area contributed by atoms with E-state index in [0.29, 0.717) is 35.4 Å². The molecule has 0 unspecified atom stereocenters. The molecule has 0 aliphatic rings. The third-order valence-electron chi connectivity index (χ3n) is 4.86. The van der Waals surface area contributed by atoms with E-state index >= 15 is 0 Å². The van der Waals surface area contributed by atoms with Crippen LogP contribution < -0.4 is 21.9 Å². The Morgan fingerprint density at radius 1 is 1.24 bits per heavy atom. The average Bonchev–Trinajstić information content (AvgIpc) is 2.97. The Bertz CT molecular complexity index is 1130. The van der Waals surface area contributed by atoms with Crippen molar-refractivity contribution in [3.05, 3.63) is 43.3 Å². The molecule has 2 aromatic heterocycles. The molecular weight excluding hydrogens is 448 g/mol. The lowest BCUT2D eigenvalue weighted by atomic mass is 10.2. The molecule has 182 valence electrons. The Morgan fingerprint density at radius 2 is 1.88 bits per heavy atom. The molecule has 0 atom stereocenters. The monoisotopic (exact) mass is 480 g/mol. The maximum absolute atomic E-state index is 13.2. The van der Waals surface area contributed by atoms with E-state index in [2.05, 4.69) is 23.9 Å². The summed E-state index contributed by atoms with van der Waals surface area (Å²) in [4.78, 5) is 41.6. The summed E-state index contributed by atoms with van der Waals surface area (Å²) < 4.78 is 8.06. The molecule has 2 heterocycles. The van der Waals surface area contributed by atoms with Gasteiger partial charge in [-0.3, -0.25) is 28.7 Å². The first kappa shape index (κ1) is 26.4. The second kappa shape index (κ2) is 11.3. The van der Waals surface area contributed by atoms with Crippen molar-refractivity contribution < 1.29 is 9.53 Å². The van der Waals surface area contributed by atoms with Crippen molar-refractivity contribution in [1.29, 1.82) is 0 Å². The standard InChI is InChI=1S/C22H33ClN6O4/c1-13(2)11-28-20(24)18(21(31)25-22(28)32)27(9-10-33-6)17(30)8-7-16-15(5)26-29(19(16)23)12-14(3)4/h7-8,13-14H,9-12,24H2,1-6H3,(H,25,31,32)/b8-7+. The summed E-state index contributed by atoms with van der Waals surface area (Å²) in [7, 11) is 1.48. The predicted octanol–water partition coefficient (Wildman–Crippen LogP) is 2.28. The summed E-state index contributed by atoms with van der Waals surface area (Å²) >= 11 is 6.47. The number of carbonyl (C=O) groups excluding carboxylic acids is 1. The molecule has 0 fully saturated rings. The third kappa shape index (κ3) is 6.35. The molecule has 3 N–H and O–H groups in total. The maximum atomic E-state index is 13.2. The van der Waals surface area contributed by atoms with Crippen molar-refractivity contribution in [2.75, 3.05) is 30.9 Å². The van der Waals surface area contributed by atoms with E-state index in [9.17, 15) is 14.4 Å². The molecule has 0 spiro atoms. The molecule has 0 aliphatic carbocycles. The van der Waals surface area contributed by atoms with Crippen LogP contribution in [-0.2, 0) is 22.6 Å². The van der Waals surface area contributed by atoms with Crippen LogP contribution in [0.5, 0.6) is 0 Å². The van der Waals surface area contributed by atoms with Crippen molar-refractivity contribution in [1.82, 2.24) is 19.3 Å². The third-order valence-corrected chi connectivity index (χ3v) is 5.26. The normalized spacial score (nSPS) is 11.8. The quantitative estimate of drug-likeness (QED) is 0.502. The van der Waals surface area contributed by atoms with E-state index in [1.807, 2.05) is 13.8 Å². The number of hydrogen-bond donors (Lipinski definition) is 2. The highest BCUT2D eigenvalue weighted by molar-refractivity contribution is 6.31. The van der Waals surface area contributed by atoms with E-state index in [1.165, 1.54) is 22.7 Å². The van der Waals surface area contributed by atoms with Crippen LogP contribution in [0, 0.1) is 18.8 Å². The minimum absolute atomic E-state index is 0.0617. The number of aromatic amines is 1. The number of nitrogen functional groups attached to an aromatic ring is 1. The first-order chi connectivity index (χ1) is 15.5. The Labute approximate surface area is 198 Å². The Balaban J connectivity index is 2.49. The van der Waals surface area contributed by atoms with Crippen LogP contribution >= 0.6 is 11.6 Å². The second-order valence-corrected chi connectivity index (χ2v) is 9.04. The molecule has 33 heavy (non-hydrogen) atoms. The zero-order valence-electron chi connectivity index (χ0n) is 20.0. The van der Waals surface area contributed by atoms with Crippen molar-refractivity contribution in [3.63, 3.8) is 0 Å². The molecule has 0 bridgehead atoms. The first-order valence-electron chi connectivity index (χ1n) is 10.8. The van der Waals surface area contributed by atoms with Crippen LogP contribution in [0.4, 0.5) is 11.5 Å². The van der Waals surface area contributed by atoms with Gasteiger partial charge < -0.3 is 10.5 Å². The molecule has 1 amide bonds. The van der Waals surface area contributed by atoms with Gasteiger partial charge in [0.15, 0.2) is 5.69 Å². The van der Waals surface area contributed by atoms with Gasteiger partial charge in [-0.2, -0.15) is 5.10 Å². The number of aryl methyl sites for hydroxylation is 1.